The summed E-state index contributed by atoms with van der Waals surface area (Å²) in [6, 6.07) is 7.56. The van der Waals surface area contributed by atoms with E-state index in [9.17, 15) is 86.1 Å². The van der Waals surface area contributed by atoms with Crippen LogP contribution < -0.4 is 0 Å². The first kappa shape index (κ1) is 57.9. The highest BCUT2D eigenvalue weighted by molar-refractivity contribution is 7.86. The highest BCUT2D eigenvalue weighted by atomic mass is 32.2. The molecule has 27 heteroatoms. The molecule has 1 aromatic carbocycles. The lowest BCUT2D eigenvalue weighted by atomic mass is 9.45. The highest BCUT2D eigenvalue weighted by Crippen LogP contribution is 2.63. The predicted octanol–water partition coefficient (Wildman–Crippen LogP) is 6.91. The van der Waals surface area contributed by atoms with E-state index in [2.05, 4.69) is 4.74 Å². The zero-order valence-corrected chi connectivity index (χ0v) is 38.6. The number of rotatable bonds is 16. The Hall–Kier alpha value is -4.37. The Bertz CT molecular complexity index is 2170. The minimum absolute atomic E-state index is 0.0308. The summed E-state index contributed by atoms with van der Waals surface area (Å²) >= 11 is 0. The van der Waals surface area contributed by atoms with E-state index in [0.29, 0.717) is 27.7 Å². The van der Waals surface area contributed by atoms with Crippen molar-refractivity contribution in [2.24, 2.45) is 33.5 Å². The number of cyclic esters (lactones) is 1. The van der Waals surface area contributed by atoms with Gasteiger partial charge in [0.15, 0.2) is 12.2 Å². The lowest BCUT2D eigenvalue weighted by Crippen LogP contribution is -2.68. The minimum atomic E-state index is -6.71. The van der Waals surface area contributed by atoms with Crippen LogP contribution in [0.5, 0.6) is 0 Å². The number of carbonyl (C=O) groups is 5. The average molecular weight is 1020 g/mol. The Balaban J connectivity index is 2.46. The van der Waals surface area contributed by atoms with E-state index in [-0.39, 0.29) is 12.5 Å². The van der Waals surface area contributed by atoms with Crippen molar-refractivity contribution in [1.82, 2.24) is 0 Å². The molecular weight excluding hydrogens is 973 g/mol. The summed E-state index contributed by atoms with van der Waals surface area (Å²) < 4.78 is 216. The number of halogens is 11. The molecule has 3 rings (SSSR count). The van der Waals surface area contributed by atoms with E-state index in [1.807, 2.05) is 0 Å². The molecule has 1 aliphatic carbocycles. The van der Waals surface area contributed by atoms with Gasteiger partial charge in [-0.05, 0) is 87.1 Å². The summed E-state index contributed by atoms with van der Waals surface area (Å²) in [5, 5.41) is 15.7. The van der Waals surface area contributed by atoms with E-state index in [4.69, 9.17) is 23.5 Å². The first-order valence-electron chi connectivity index (χ1n) is 20.3. The second-order valence-electron chi connectivity index (χ2n) is 18.8. The van der Waals surface area contributed by atoms with Gasteiger partial charge in [-0.3, -0.25) is 23.7 Å². The van der Waals surface area contributed by atoms with Crippen molar-refractivity contribution in [3.05, 3.63) is 35.9 Å². The van der Waals surface area contributed by atoms with Crippen LogP contribution in [0.2, 0.25) is 0 Å². The van der Waals surface area contributed by atoms with Crippen molar-refractivity contribution in [3.63, 3.8) is 0 Å². The molecule has 0 radical (unpaired) electrons. The lowest BCUT2D eigenvalue weighted by Gasteiger charge is -2.56. The third-order valence-corrected chi connectivity index (χ3v) is 14.7. The Morgan fingerprint density at radius 1 is 0.662 bits per heavy atom. The summed E-state index contributed by atoms with van der Waals surface area (Å²) in [6.45, 7) is 3.83. The smallest absolute Gasteiger partial charge is 0.426 e. The van der Waals surface area contributed by atoms with Crippen LogP contribution in [-0.2, 0) is 63.4 Å². The van der Waals surface area contributed by atoms with Crippen LogP contribution >= 0.6 is 0 Å². The van der Waals surface area contributed by atoms with Crippen molar-refractivity contribution in [2.75, 3.05) is 13.2 Å². The molecule has 0 bridgehead atoms. The molecule has 1 aromatic rings. The van der Waals surface area contributed by atoms with Crippen LogP contribution in [0.3, 0.4) is 0 Å². The van der Waals surface area contributed by atoms with Crippen molar-refractivity contribution in [1.29, 1.82) is 0 Å². The van der Waals surface area contributed by atoms with Crippen molar-refractivity contribution in [2.45, 2.75) is 141 Å². The molecule has 2 fully saturated rings. The monoisotopic (exact) mass is 1020 g/mol. The quantitative estimate of drug-likeness (QED) is 0.0662. The molecule has 388 valence electrons. The van der Waals surface area contributed by atoms with Gasteiger partial charge in [-0.2, -0.15) is 56.7 Å². The van der Waals surface area contributed by atoms with Gasteiger partial charge in [-0.25, -0.2) is 4.79 Å². The molecule has 0 spiro atoms. The van der Waals surface area contributed by atoms with E-state index in [1.165, 1.54) is 38.1 Å². The SMILES string of the molecule is CC(C)(OC(=O)C(C)(C)C(C)(C(=O)OC1CCOC1=O)C(C)(C(=O)OC1CC(C(C)(O)C(F)(F)F)CC(C(O)(C(F)(F)F)C(F)(F)F)C1)C(C)(C)C(=O)OCC(F)(F)S(=O)(=O)O)c1ccccc1. The van der Waals surface area contributed by atoms with Gasteiger partial charge >= 0.3 is 63.7 Å². The average Bonchev–Trinajstić information content (AvgIpc) is 3.60. The number of alkyl halides is 11. The van der Waals surface area contributed by atoms with Crippen molar-refractivity contribution in [3.8, 4) is 0 Å². The third-order valence-electron chi connectivity index (χ3n) is 13.8. The molecule has 0 aromatic heterocycles. The first-order chi connectivity index (χ1) is 30.2. The molecule has 1 aliphatic heterocycles. The van der Waals surface area contributed by atoms with Crippen LogP contribution in [0.4, 0.5) is 48.3 Å². The predicted molar refractivity (Wildman–Crippen MR) is 207 cm³/mol. The van der Waals surface area contributed by atoms with Gasteiger partial charge in [0, 0.05) is 18.3 Å². The van der Waals surface area contributed by atoms with E-state index < -0.39 is 165 Å². The molecular formula is C41H51F11O15S. The van der Waals surface area contributed by atoms with Gasteiger partial charge in [-0.15, -0.1) is 0 Å². The Labute approximate surface area is 382 Å². The molecule has 0 amide bonds. The maximum atomic E-state index is 15.2. The Kier molecular flexibility index (Phi) is 15.7. The topological polar surface area (TPSA) is 226 Å². The van der Waals surface area contributed by atoms with E-state index >= 15 is 4.79 Å². The van der Waals surface area contributed by atoms with E-state index in [0.717, 1.165) is 13.8 Å². The molecule has 15 nitrogen and oxygen atoms in total. The molecule has 1 saturated carbocycles. The van der Waals surface area contributed by atoms with Gasteiger partial charge in [0.05, 0.1) is 28.3 Å². The van der Waals surface area contributed by atoms with Crippen LogP contribution in [0.15, 0.2) is 30.3 Å². The van der Waals surface area contributed by atoms with Gasteiger partial charge in [0.25, 0.3) is 5.60 Å². The fourth-order valence-electron chi connectivity index (χ4n) is 8.36. The van der Waals surface area contributed by atoms with Crippen molar-refractivity contribution < 1.29 is 119 Å². The molecule has 68 heavy (non-hydrogen) atoms. The fraction of sp³-hybridized carbons (Fsp3) is 0.732. The zero-order valence-electron chi connectivity index (χ0n) is 37.7. The van der Waals surface area contributed by atoms with Gasteiger partial charge in [0.2, 0.25) is 6.10 Å². The van der Waals surface area contributed by atoms with Gasteiger partial charge in [-0.1, -0.05) is 30.3 Å². The minimum Gasteiger partial charge on any atom is -0.463 e. The second kappa shape index (κ2) is 18.4. The van der Waals surface area contributed by atoms with E-state index in [1.54, 1.807) is 6.07 Å². The molecule has 7 atom stereocenters. The van der Waals surface area contributed by atoms with Crippen LogP contribution in [0, 0.1) is 33.5 Å². The summed E-state index contributed by atoms with van der Waals surface area (Å²) in [7, 11) is -6.38. The molecule has 7 unspecified atom stereocenters. The van der Waals surface area contributed by atoms with Gasteiger partial charge in [0.1, 0.15) is 11.7 Å². The number of ether oxygens (including phenoxy) is 5. The second-order valence-corrected chi connectivity index (χ2v) is 20.4. The Morgan fingerprint density at radius 2 is 1.12 bits per heavy atom. The van der Waals surface area contributed by atoms with Crippen LogP contribution in [-0.4, -0.2) is 113 Å². The standard InChI is InChI=1S/C41H51F11O15S/c1-31(2,27(54)64-20-37(42,43)68(60,61)62)34(7,29(56)65-24-18-22(36(9,58)39(44,45)46)17-23(19-24)38(59,40(47,48)49)41(50,51)52)35(8,30(57)66-25-15-16-63-26(25)53)32(3,4)28(55)67-33(5,6)21-13-11-10-12-14-21/h10-14,22-25,58-59H,15-20H2,1-9H3,(H,60,61,62). The fourth-order valence-corrected chi connectivity index (χ4v) is 8.57. The molecule has 1 heterocycles. The number of hydrogen-bond donors (Lipinski definition) is 3. The van der Waals surface area contributed by atoms with Crippen LogP contribution in [0.1, 0.15) is 93.6 Å². The number of aliphatic hydroxyl groups is 2. The summed E-state index contributed by atoms with van der Waals surface area (Å²) in [4.78, 5) is 71.6. The maximum absolute atomic E-state index is 15.2. The van der Waals surface area contributed by atoms with Gasteiger partial charge < -0.3 is 33.9 Å². The summed E-state index contributed by atoms with van der Waals surface area (Å²) in [6.07, 6.45) is -29.4. The highest BCUT2D eigenvalue weighted by Gasteiger charge is 2.77. The summed E-state index contributed by atoms with van der Waals surface area (Å²) in [5.74, 6) is -15.1. The number of esters is 5. The Morgan fingerprint density at radius 3 is 1.54 bits per heavy atom. The third kappa shape index (κ3) is 10.1. The van der Waals surface area contributed by atoms with Crippen LogP contribution in [0.25, 0.3) is 0 Å². The summed E-state index contributed by atoms with van der Waals surface area (Å²) in [5.41, 5.74) is -24.1. The first-order valence-corrected chi connectivity index (χ1v) is 21.7. The largest absolute Gasteiger partial charge is 0.463 e. The van der Waals surface area contributed by atoms with Crippen molar-refractivity contribution >= 4 is 40.0 Å². The molecule has 3 N–H and O–H groups in total. The molecule has 2 aliphatic rings. The maximum Gasteiger partial charge on any atom is 0.426 e. The normalized spacial score (nSPS) is 23.2. The molecule has 1 saturated heterocycles. The number of carbonyl (C=O) groups excluding carboxylic acids is 5. The zero-order chi connectivity index (χ0) is 53.1. The number of hydrogen-bond acceptors (Lipinski definition) is 14. The lowest BCUT2D eigenvalue weighted by molar-refractivity contribution is -0.391. The number of benzene rings is 1.